The Hall–Kier alpha value is -3.20. The molecule has 0 radical (unpaired) electrons. The van der Waals surface area contributed by atoms with E-state index in [1.165, 1.54) is 23.1 Å². The Kier molecular flexibility index (Phi) is 7.53. The number of nitrogens with one attached hydrogen (secondary N) is 1. The Labute approximate surface area is 194 Å². The SMILES string of the molecule is CCCCNC(=O)[C@@H](C)N(Cc1ccc(C)cc1)C(=O)CN1C(=O)c2ccccc2S1(=O)=O. The molecule has 0 saturated heterocycles. The lowest BCUT2D eigenvalue weighted by molar-refractivity contribution is -0.140. The van der Waals surface area contributed by atoms with Crippen LogP contribution in [0, 0.1) is 6.92 Å². The summed E-state index contributed by atoms with van der Waals surface area (Å²) in [5, 5.41) is 2.81. The van der Waals surface area contributed by atoms with Crippen molar-refractivity contribution < 1.29 is 22.8 Å². The fraction of sp³-hybridized carbons (Fsp3) is 0.375. The van der Waals surface area contributed by atoms with Gasteiger partial charge in [0.15, 0.2) is 0 Å². The average Bonchev–Trinajstić information content (AvgIpc) is 2.99. The molecule has 0 aromatic heterocycles. The van der Waals surface area contributed by atoms with Crippen LogP contribution >= 0.6 is 0 Å². The summed E-state index contributed by atoms with van der Waals surface area (Å²) in [4.78, 5) is 40.0. The fourth-order valence-electron chi connectivity index (χ4n) is 3.61. The molecule has 1 heterocycles. The van der Waals surface area contributed by atoms with Crippen molar-refractivity contribution in [2.45, 2.75) is 51.1 Å². The highest BCUT2D eigenvalue weighted by atomic mass is 32.2. The van der Waals surface area contributed by atoms with Gasteiger partial charge in [-0.2, -0.15) is 0 Å². The second-order valence-electron chi connectivity index (χ2n) is 8.14. The van der Waals surface area contributed by atoms with Crippen LogP contribution in [0.4, 0.5) is 0 Å². The molecule has 0 unspecified atom stereocenters. The molecule has 9 heteroatoms. The van der Waals surface area contributed by atoms with Crippen LogP contribution in [-0.2, 0) is 26.2 Å². The molecule has 3 amide bonds. The highest BCUT2D eigenvalue weighted by Gasteiger charge is 2.43. The Balaban J connectivity index is 1.85. The van der Waals surface area contributed by atoms with E-state index in [0.717, 1.165) is 24.0 Å². The Morgan fingerprint density at radius 3 is 2.39 bits per heavy atom. The van der Waals surface area contributed by atoms with Crippen molar-refractivity contribution in [3.8, 4) is 0 Å². The largest absolute Gasteiger partial charge is 0.354 e. The molecule has 0 fully saturated rings. The number of sulfonamides is 1. The van der Waals surface area contributed by atoms with Crippen LogP contribution in [0.2, 0.25) is 0 Å². The first-order valence-corrected chi connectivity index (χ1v) is 12.4. The summed E-state index contributed by atoms with van der Waals surface area (Å²) in [5.41, 5.74) is 1.88. The van der Waals surface area contributed by atoms with Crippen molar-refractivity contribution in [1.29, 1.82) is 0 Å². The molecule has 2 aromatic rings. The van der Waals surface area contributed by atoms with Crippen LogP contribution in [0.3, 0.4) is 0 Å². The Bertz CT molecular complexity index is 1140. The van der Waals surface area contributed by atoms with Gasteiger partial charge in [0.25, 0.3) is 15.9 Å². The lowest BCUT2D eigenvalue weighted by Crippen LogP contribution is -2.51. The topological polar surface area (TPSA) is 104 Å². The minimum absolute atomic E-state index is 0.0424. The number of hydrogen-bond acceptors (Lipinski definition) is 5. The summed E-state index contributed by atoms with van der Waals surface area (Å²) in [5.74, 6) is -1.70. The summed E-state index contributed by atoms with van der Waals surface area (Å²) in [7, 11) is -4.13. The van der Waals surface area contributed by atoms with E-state index in [9.17, 15) is 22.8 Å². The van der Waals surface area contributed by atoms with Gasteiger partial charge in [-0.3, -0.25) is 14.4 Å². The summed E-state index contributed by atoms with van der Waals surface area (Å²) in [6.45, 7) is 5.47. The van der Waals surface area contributed by atoms with Gasteiger partial charge in [-0.15, -0.1) is 0 Å². The number of rotatable bonds is 9. The molecule has 2 aromatic carbocycles. The van der Waals surface area contributed by atoms with Gasteiger partial charge in [0.05, 0.1) is 5.56 Å². The third-order valence-electron chi connectivity index (χ3n) is 5.66. The minimum Gasteiger partial charge on any atom is -0.354 e. The van der Waals surface area contributed by atoms with Gasteiger partial charge in [0, 0.05) is 13.1 Å². The maximum absolute atomic E-state index is 13.3. The van der Waals surface area contributed by atoms with E-state index in [-0.39, 0.29) is 22.9 Å². The maximum Gasteiger partial charge on any atom is 0.269 e. The molecular weight excluding hydrogens is 442 g/mol. The fourth-order valence-corrected chi connectivity index (χ4v) is 5.13. The predicted molar refractivity (Wildman–Crippen MR) is 124 cm³/mol. The van der Waals surface area contributed by atoms with Gasteiger partial charge in [-0.1, -0.05) is 55.3 Å². The van der Waals surface area contributed by atoms with Crippen molar-refractivity contribution in [2.24, 2.45) is 0 Å². The summed E-state index contributed by atoms with van der Waals surface area (Å²) < 4.78 is 26.4. The van der Waals surface area contributed by atoms with Crippen LogP contribution in [0.1, 0.15) is 48.2 Å². The van der Waals surface area contributed by atoms with Gasteiger partial charge in [0.2, 0.25) is 11.8 Å². The highest BCUT2D eigenvalue weighted by molar-refractivity contribution is 7.90. The third kappa shape index (κ3) is 5.24. The lowest BCUT2D eigenvalue weighted by atomic mass is 10.1. The molecular formula is C24H29N3O5S. The molecule has 176 valence electrons. The third-order valence-corrected chi connectivity index (χ3v) is 7.45. The Morgan fingerprint density at radius 2 is 1.76 bits per heavy atom. The van der Waals surface area contributed by atoms with Gasteiger partial charge in [-0.25, -0.2) is 12.7 Å². The number of hydrogen-bond donors (Lipinski definition) is 1. The normalized spacial score (nSPS) is 15.1. The predicted octanol–water partition coefficient (Wildman–Crippen LogP) is 2.47. The van der Waals surface area contributed by atoms with Crippen LogP contribution in [-0.4, -0.2) is 54.5 Å². The average molecular weight is 472 g/mol. The van der Waals surface area contributed by atoms with Crippen LogP contribution in [0.25, 0.3) is 0 Å². The maximum atomic E-state index is 13.3. The first-order valence-electron chi connectivity index (χ1n) is 11.0. The second kappa shape index (κ2) is 10.2. The van der Waals surface area contributed by atoms with Crippen LogP contribution in [0.5, 0.6) is 0 Å². The van der Waals surface area contributed by atoms with Gasteiger partial charge >= 0.3 is 0 Å². The van der Waals surface area contributed by atoms with Crippen molar-refractivity contribution in [1.82, 2.24) is 14.5 Å². The zero-order valence-corrected chi connectivity index (χ0v) is 19.9. The number of amides is 3. The number of unbranched alkanes of at least 4 members (excludes halogenated alkanes) is 1. The molecule has 1 aliphatic heterocycles. The zero-order chi connectivity index (χ0) is 24.2. The molecule has 33 heavy (non-hydrogen) atoms. The van der Waals surface area contributed by atoms with Crippen molar-refractivity contribution in [3.05, 3.63) is 65.2 Å². The van der Waals surface area contributed by atoms with E-state index in [4.69, 9.17) is 0 Å². The monoisotopic (exact) mass is 471 g/mol. The van der Waals surface area contributed by atoms with Crippen LogP contribution < -0.4 is 5.32 Å². The van der Waals surface area contributed by atoms with Gasteiger partial charge < -0.3 is 10.2 Å². The summed E-state index contributed by atoms with van der Waals surface area (Å²) >= 11 is 0. The first-order chi connectivity index (χ1) is 15.7. The van der Waals surface area contributed by atoms with Gasteiger partial charge in [-0.05, 0) is 38.0 Å². The molecule has 3 rings (SSSR count). The number of fused-ring (bicyclic) bond motifs is 1. The van der Waals surface area contributed by atoms with E-state index in [0.29, 0.717) is 10.8 Å². The van der Waals surface area contributed by atoms with Crippen molar-refractivity contribution in [3.63, 3.8) is 0 Å². The van der Waals surface area contributed by atoms with E-state index in [2.05, 4.69) is 5.32 Å². The lowest BCUT2D eigenvalue weighted by Gasteiger charge is -2.30. The quantitative estimate of drug-likeness (QED) is 0.566. The van der Waals surface area contributed by atoms with Crippen molar-refractivity contribution in [2.75, 3.05) is 13.1 Å². The molecule has 8 nitrogen and oxygen atoms in total. The molecule has 1 atom stereocenters. The van der Waals surface area contributed by atoms with Crippen LogP contribution in [0.15, 0.2) is 53.4 Å². The minimum atomic E-state index is -4.13. The van der Waals surface area contributed by atoms with Gasteiger partial charge in [0.1, 0.15) is 17.5 Å². The van der Waals surface area contributed by atoms with E-state index in [1.54, 1.807) is 13.0 Å². The number of nitrogens with zero attached hydrogens (tertiary/aromatic N) is 2. The standard InChI is InChI=1S/C24H29N3O5S/c1-4-5-14-25-23(29)18(3)26(15-19-12-10-17(2)11-13-19)22(28)16-27-24(30)20-8-6-7-9-21(20)33(27,31)32/h6-13,18H,4-5,14-16H2,1-3H3,(H,25,29)/t18-/m1/s1. The Morgan fingerprint density at radius 1 is 1.09 bits per heavy atom. The highest BCUT2D eigenvalue weighted by Crippen LogP contribution is 2.30. The first kappa shape index (κ1) is 24.4. The van der Waals surface area contributed by atoms with Crippen molar-refractivity contribution >= 4 is 27.7 Å². The van der Waals surface area contributed by atoms with E-state index in [1.807, 2.05) is 38.1 Å². The smallest absolute Gasteiger partial charge is 0.269 e. The second-order valence-corrected chi connectivity index (χ2v) is 9.97. The zero-order valence-electron chi connectivity index (χ0n) is 19.1. The molecule has 0 spiro atoms. The number of benzene rings is 2. The number of carbonyl (C=O) groups excluding carboxylic acids is 3. The molecule has 0 saturated carbocycles. The summed E-state index contributed by atoms with van der Waals surface area (Å²) in [6.07, 6.45) is 1.72. The van der Waals surface area contributed by atoms with E-state index >= 15 is 0 Å². The summed E-state index contributed by atoms with van der Waals surface area (Å²) in [6, 6.07) is 12.5. The molecule has 1 N–H and O–H groups in total. The van der Waals surface area contributed by atoms with E-state index < -0.39 is 34.4 Å². The molecule has 1 aliphatic rings. The number of aryl methyl sites for hydroxylation is 1. The molecule has 0 aliphatic carbocycles. The number of carbonyl (C=O) groups is 3. The molecule has 0 bridgehead atoms.